The van der Waals surface area contributed by atoms with Crippen molar-refractivity contribution in [3.8, 4) is 6.07 Å². The molecule has 0 N–H and O–H groups in total. The van der Waals surface area contributed by atoms with E-state index in [4.69, 9.17) is 9.15 Å². The Hall–Kier alpha value is -1.27. The average Bonchev–Trinajstić information content (AvgIpc) is 2.98. The van der Waals surface area contributed by atoms with Gasteiger partial charge in [0.2, 0.25) is 0 Å². The summed E-state index contributed by atoms with van der Waals surface area (Å²) >= 11 is 0. The van der Waals surface area contributed by atoms with Crippen molar-refractivity contribution in [2.24, 2.45) is 17.3 Å². The predicted octanol–water partition coefficient (Wildman–Crippen LogP) is 4.54. The van der Waals surface area contributed by atoms with E-state index in [0.29, 0.717) is 17.9 Å². The number of nitriles is 1. The summed E-state index contributed by atoms with van der Waals surface area (Å²) in [7, 11) is 0. The van der Waals surface area contributed by atoms with E-state index in [1.54, 1.807) is 6.26 Å². The first-order chi connectivity index (χ1) is 9.56. The third-order valence-electron chi connectivity index (χ3n) is 4.99. The van der Waals surface area contributed by atoms with Crippen LogP contribution < -0.4 is 0 Å². The molecule has 1 aliphatic carbocycles. The number of rotatable bonds is 5. The molecule has 3 atom stereocenters. The lowest BCUT2D eigenvalue weighted by molar-refractivity contribution is -0.0445. The molecule has 0 amide bonds. The number of ether oxygens (including phenoxy) is 1. The molecule has 1 heterocycles. The average molecular weight is 275 g/mol. The van der Waals surface area contributed by atoms with E-state index in [1.807, 2.05) is 12.1 Å². The van der Waals surface area contributed by atoms with Crippen molar-refractivity contribution in [1.82, 2.24) is 0 Å². The molecule has 1 saturated carbocycles. The van der Waals surface area contributed by atoms with Gasteiger partial charge in [-0.2, -0.15) is 5.26 Å². The molecule has 0 bridgehead atoms. The highest BCUT2D eigenvalue weighted by Crippen LogP contribution is 2.43. The lowest BCUT2D eigenvalue weighted by atomic mass is 9.67. The van der Waals surface area contributed by atoms with Crippen molar-refractivity contribution < 1.29 is 9.15 Å². The smallest absolute Gasteiger partial charge is 0.129 e. The van der Waals surface area contributed by atoms with Gasteiger partial charge in [0.25, 0.3) is 0 Å². The Morgan fingerprint density at radius 3 is 2.85 bits per heavy atom. The van der Waals surface area contributed by atoms with Crippen LogP contribution in [0.3, 0.4) is 0 Å². The molecule has 3 unspecified atom stereocenters. The topological polar surface area (TPSA) is 46.2 Å². The second kappa shape index (κ2) is 6.45. The quantitative estimate of drug-likeness (QED) is 0.792. The van der Waals surface area contributed by atoms with Crippen LogP contribution in [-0.2, 0) is 11.3 Å². The molecule has 3 nitrogen and oxygen atoms in total. The number of hydrogen-bond acceptors (Lipinski definition) is 3. The third kappa shape index (κ3) is 3.43. The summed E-state index contributed by atoms with van der Waals surface area (Å²) in [4.78, 5) is 0. The summed E-state index contributed by atoms with van der Waals surface area (Å²) in [6.45, 7) is 7.37. The van der Waals surface area contributed by atoms with Crippen molar-refractivity contribution in [2.45, 2.75) is 59.2 Å². The van der Waals surface area contributed by atoms with Crippen LogP contribution in [0.5, 0.6) is 0 Å². The van der Waals surface area contributed by atoms with Gasteiger partial charge in [-0.15, -0.1) is 0 Å². The first-order valence-corrected chi connectivity index (χ1v) is 7.60. The lowest BCUT2D eigenvalue weighted by Gasteiger charge is -2.41. The van der Waals surface area contributed by atoms with Gasteiger partial charge in [0.15, 0.2) is 0 Å². The van der Waals surface area contributed by atoms with E-state index in [2.05, 4.69) is 26.8 Å². The normalized spacial score (nSPS) is 27.2. The molecule has 0 radical (unpaired) electrons. The SMILES string of the molecule is CCC(C)(C)C1CCC(C#N)C(OCc2ccco2)C1. The van der Waals surface area contributed by atoms with Gasteiger partial charge in [0, 0.05) is 0 Å². The second-order valence-corrected chi connectivity index (χ2v) is 6.52. The molecule has 2 rings (SSSR count). The largest absolute Gasteiger partial charge is 0.467 e. The fourth-order valence-corrected chi connectivity index (χ4v) is 3.04. The fraction of sp³-hybridized carbons (Fsp3) is 0.706. The van der Waals surface area contributed by atoms with E-state index >= 15 is 0 Å². The molecular formula is C17H25NO2. The van der Waals surface area contributed by atoms with Gasteiger partial charge in [-0.05, 0) is 42.7 Å². The van der Waals surface area contributed by atoms with Gasteiger partial charge in [-0.1, -0.05) is 27.2 Å². The van der Waals surface area contributed by atoms with Gasteiger partial charge in [-0.3, -0.25) is 0 Å². The van der Waals surface area contributed by atoms with Crippen molar-refractivity contribution in [2.75, 3.05) is 0 Å². The molecule has 0 aliphatic heterocycles. The van der Waals surface area contributed by atoms with Crippen LogP contribution in [0.15, 0.2) is 22.8 Å². The minimum Gasteiger partial charge on any atom is -0.467 e. The minimum atomic E-state index is 0.0221. The number of hydrogen-bond donors (Lipinski definition) is 0. The lowest BCUT2D eigenvalue weighted by Crippen LogP contribution is -2.37. The summed E-state index contributed by atoms with van der Waals surface area (Å²) < 4.78 is 11.3. The molecule has 110 valence electrons. The van der Waals surface area contributed by atoms with Gasteiger partial charge >= 0.3 is 0 Å². The zero-order valence-corrected chi connectivity index (χ0v) is 12.8. The molecule has 0 spiro atoms. The Balaban J connectivity index is 1.98. The number of furan rings is 1. The first-order valence-electron chi connectivity index (χ1n) is 7.60. The van der Waals surface area contributed by atoms with Crippen LogP contribution >= 0.6 is 0 Å². The number of nitrogens with zero attached hydrogens (tertiary/aromatic N) is 1. The van der Waals surface area contributed by atoms with Crippen LogP contribution in [0.1, 0.15) is 52.2 Å². The Morgan fingerprint density at radius 2 is 2.25 bits per heavy atom. The van der Waals surface area contributed by atoms with Gasteiger partial charge in [-0.25, -0.2) is 0 Å². The zero-order valence-electron chi connectivity index (χ0n) is 12.8. The zero-order chi connectivity index (χ0) is 14.6. The van der Waals surface area contributed by atoms with Gasteiger partial charge in [0.1, 0.15) is 12.4 Å². The first kappa shape index (κ1) is 15.1. The minimum absolute atomic E-state index is 0.0221. The van der Waals surface area contributed by atoms with Crippen molar-refractivity contribution in [1.29, 1.82) is 5.26 Å². The highest BCUT2D eigenvalue weighted by molar-refractivity contribution is 4.99. The summed E-state index contributed by atoms with van der Waals surface area (Å²) in [6.07, 6.45) is 5.94. The van der Waals surface area contributed by atoms with Crippen LogP contribution in [0.4, 0.5) is 0 Å². The Kier molecular flexibility index (Phi) is 4.88. The summed E-state index contributed by atoms with van der Waals surface area (Å²) in [5.74, 6) is 1.49. The molecule has 1 aromatic heterocycles. The standard InChI is InChI=1S/C17H25NO2/c1-4-17(2,3)14-8-7-13(11-18)16(10-14)20-12-15-6-5-9-19-15/h5-6,9,13-14,16H,4,7-8,10,12H2,1-3H3. The summed E-state index contributed by atoms with van der Waals surface area (Å²) in [6, 6.07) is 6.20. The van der Waals surface area contributed by atoms with Crippen LogP contribution in [0.25, 0.3) is 0 Å². The van der Waals surface area contributed by atoms with E-state index in [-0.39, 0.29) is 12.0 Å². The van der Waals surface area contributed by atoms with Crippen molar-refractivity contribution in [3.63, 3.8) is 0 Å². The summed E-state index contributed by atoms with van der Waals surface area (Å²) in [5, 5.41) is 9.31. The monoisotopic (exact) mass is 275 g/mol. The summed E-state index contributed by atoms with van der Waals surface area (Å²) in [5.41, 5.74) is 0.326. The molecule has 1 aromatic rings. The molecule has 0 saturated heterocycles. The molecular weight excluding hydrogens is 250 g/mol. The second-order valence-electron chi connectivity index (χ2n) is 6.52. The highest BCUT2D eigenvalue weighted by Gasteiger charge is 2.37. The predicted molar refractivity (Wildman–Crippen MR) is 77.8 cm³/mol. The van der Waals surface area contributed by atoms with E-state index < -0.39 is 0 Å². The molecule has 3 heteroatoms. The third-order valence-corrected chi connectivity index (χ3v) is 4.99. The van der Waals surface area contributed by atoms with Gasteiger partial charge < -0.3 is 9.15 Å². The fourth-order valence-electron chi connectivity index (χ4n) is 3.04. The molecule has 1 fully saturated rings. The van der Waals surface area contributed by atoms with Gasteiger partial charge in [0.05, 0.1) is 24.4 Å². The molecule has 0 aromatic carbocycles. The van der Waals surface area contributed by atoms with Crippen LogP contribution in [0, 0.1) is 28.6 Å². The van der Waals surface area contributed by atoms with Crippen molar-refractivity contribution >= 4 is 0 Å². The van der Waals surface area contributed by atoms with E-state index in [9.17, 15) is 5.26 Å². The van der Waals surface area contributed by atoms with E-state index in [0.717, 1.165) is 25.0 Å². The maximum Gasteiger partial charge on any atom is 0.129 e. The maximum absolute atomic E-state index is 9.31. The van der Waals surface area contributed by atoms with Crippen LogP contribution in [-0.4, -0.2) is 6.10 Å². The van der Waals surface area contributed by atoms with E-state index in [1.165, 1.54) is 6.42 Å². The Morgan fingerprint density at radius 1 is 1.45 bits per heavy atom. The van der Waals surface area contributed by atoms with Crippen LogP contribution in [0.2, 0.25) is 0 Å². The van der Waals surface area contributed by atoms with Crippen molar-refractivity contribution in [3.05, 3.63) is 24.2 Å². The Bertz CT molecular complexity index is 444. The molecule has 20 heavy (non-hydrogen) atoms. The Labute approximate surface area is 121 Å². The molecule has 1 aliphatic rings. The maximum atomic E-state index is 9.31. The highest BCUT2D eigenvalue weighted by atomic mass is 16.5.